The largest absolute Gasteiger partial charge is 0.506 e. The minimum absolute atomic E-state index is 0.122. The molecular weight excluding hydrogens is 264 g/mol. The molecule has 1 heterocycles. The number of carbonyl (C=O) groups excluding carboxylic acids is 1. The van der Waals surface area contributed by atoms with Gasteiger partial charge in [0.15, 0.2) is 0 Å². The zero-order valence-corrected chi connectivity index (χ0v) is 11.4. The van der Waals surface area contributed by atoms with Crippen molar-refractivity contribution < 1.29 is 9.90 Å². The van der Waals surface area contributed by atoms with Crippen molar-refractivity contribution in [3.05, 3.63) is 59.2 Å². The molecule has 4 heteroatoms. The summed E-state index contributed by atoms with van der Waals surface area (Å²) < 4.78 is 0. The van der Waals surface area contributed by atoms with Gasteiger partial charge in [-0.15, -0.1) is 0 Å². The van der Waals surface area contributed by atoms with Gasteiger partial charge in [-0.1, -0.05) is 18.2 Å². The van der Waals surface area contributed by atoms with Crippen molar-refractivity contribution in [2.24, 2.45) is 0 Å². The van der Waals surface area contributed by atoms with Gasteiger partial charge < -0.3 is 10.0 Å². The molecule has 104 valence electrons. The van der Waals surface area contributed by atoms with Gasteiger partial charge in [-0.3, -0.25) is 4.79 Å². The molecule has 0 radical (unpaired) electrons. The maximum Gasteiger partial charge on any atom is 0.258 e. The van der Waals surface area contributed by atoms with Crippen molar-refractivity contribution in [1.29, 1.82) is 5.26 Å². The summed E-state index contributed by atoms with van der Waals surface area (Å²) in [7, 11) is 0. The van der Waals surface area contributed by atoms with Gasteiger partial charge in [-0.2, -0.15) is 5.26 Å². The molecule has 0 bridgehead atoms. The van der Waals surface area contributed by atoms with E-state index in [0.717, 1.165) is 18.4 Å². The molecule has 21 heavy (non-hydrogen) atoms. The van der Waals surface area contributed by atoms with E-state index >= 15 is 0 Å². The highest BCUT2D eigenvalue weighted by molar-refractivity contribution is 6.07. The topological polar surface area (TPSA) is 64.3 Å². The maximum atomic E-state index is 12.7. The first-order valence-corrected chi connectivity index (χ1v) is 6.83. The zero-order valence-electron chi connectivity index (χ0n) is 11.4. The molecule has 0 aromatic heterocycles. The SMILES string of the molecule is N#Cc1cccc(C(=O)N2CCCc3cccc(O)c32)c1. The van der Waals surface area contributed by atoms with Crippen LogP contribution in [0.5, 0.6) is 5.75 Å². The highest BCUT2D eigenvalue weighted by Gasteiger charge is 2.26. The van der Waals surface area contributed by atoms with Crippen LogP contribution in [0.3, 0.4) is 0 Å². The summed E-state index contributed by atoms with van der Waals surface area (Å²) in [5, 5.41) is 19.0. The third kappa shape index (κ3) is 2.34. The molecule has 2 aromatic carbocycles. The maximum absolute atomic E-state index is 12.7. The normalized spacial score (nSPS) is 13.4. The minimum atomic E-state index is -0.186. The van der Waals surface area contributed by atoms with E-state index in [-0.39, 0.29) is 11.7 Å². The molecule has 0 aliphatic carbocycles. The van der Waals surface area contributed by atoms with E-state index in [4.69, 9.17) is 5.26 Å². The fraction of sp³-hybridized carbons (Fsp3) is 0.176. The second kappa shape index (κ2) is 5.29. The molecule has 1 N–H and O–H groups in total. The van der Waals surface area contributed by atoms with Crippen molar-refractivity contribution in [1.82, 2.24) is 0 Å². The lowest BCUT2D eigenvalue weighted by molar-refractivity contribution is 0.0984. The molecule has 1 amide bonds. The molecule has 0 saturated carbocycles. The molecule has 3 rings (SSSR count). The number of anilines is 1. The van der Waals surface area contributed by atoms with Gasteiger partial charge in [-0.25, -0.2) is 0 Å². The average molecular weight is 278 g/mol. The molecular formula is C17H14N2O2. The Kier molecular flexibility index (Phi) is 3.33. The first kappa shape index (κ1) is 13.2. The predicted octanol–water partition coefficient (Wildman–Crippen LogP) is 2.86. The number of nitrogens with zero attached hydrogens (tertiary/aromatic N) is 2. The number of hydrogen-bond acceptors (Lipinski definition) is 3. The van der Waals surface area contributed by atoms with E-state index in [1.807, 2.05) is 12.1 Å². The van der Waals surface area contributed by atoms with Crippen molar-refractivity contribution in [3.63, 3.8) is 0 Å². The fourth-order valence-corrected chi connectivity index (χ4v) is 2.71. The molecule has 4 nitrogen and oxygen atoms in total. The summed E-state index contributed by atoms with van der Waals surface area (Å²) in [4.78, 5) is 14.3. The number of phenolic OH excluding ortho intramolecular Hbond substituents is 1. The number of para-hydroxylation sites is 1. The van der Waals surface area contributed by atoms with E-state index in [1.165, 1.54) is 0 Å². The lowest BCUT2D eigenvalue weighted by atomic mass is 9.99. The number of phenols is 1. The predicted molar refractivity (Wildman–Crippen MR) is 79.3 cm³/mol. The van der Waals surface area contributed by atoms with E-state index < -0.39 is 0 Å². The number of rotatable bonds is 1. The smallest absolute Gasteiger partial charge is 0.258 e. The van der Waals surface area contributed by atoms with Crippen LogP contribution >= 0.6 is 0 Å². The van der Waals surface area contributed by atoms with Crippen LogP contribution in [0.1, 0.15) is 27.9 Å². The van der Waals surface area contributed by atoms with Gasteiger partial charge in [0.05, 0.1) is 17.3 Å². The lowest BCUT2D eigenvalue weighted by Gasteiger charge is -2.30. The number of nitriles is 1. The number of carbonyl (C=O) groups is 1. The Morgan fingerprint density at radius 3 is 2.86 bits per heavy atom. The van der Waals surface area contributed by atoms with Crippen LogP contribution in [0.25, 0.3) is 0 Å². The summed E-state index contributed by atoms with van der Waals surface area (Å²) in [6.07, 6.45) is 1.71. The summed E-state index contributed by atoms with van der Waals surface area (Å²) in [5.74, 6) is -0.0634. The van der Waals surface area contributed by atoms with Crippen LogP contribution in [0, 0.1) is 11.3 Å². The molecule has 1 aliphatic heterocycles. The Labute approximate surface area is 122 Å². The Balaban J connectivity index is 2.02. The van der Waals surface area contributed by atoms with Gasteiger partial charge >= 0.3 is 0 Å². The molecule has 0 saturated heterocycles. The Morgan fingerprint density at radius 1 is 1.24 bits per heavy atom. The van der Waals surface area contributed by atoms with Crippen LogP contribution in [-0.4, -0.2) is 17.6 Å². The number of fused-ring (bicyclic) bond motifs is 1. The van der Waals surface area contributed by atoms with Crippen molar-refractivity contribution >= 4 is 11.6 Å². The number of hydrogen-bond donors (Lipinski definition) is 1. The highest BCUT2D eigenvalue weighted by atomic mass is 16.3. The van der Waals surface area contributed by atoms with E-state index in [0.29, 0.717) is 23.4 Å². The number of aromatic hydroxyl groups is 1. The highest BCUT2D eigenvalue weighted by Crippen LogP contribution is 2.36. The van der Waals surface area contributed by atoms with Crippen LogP contribution in [0.15, 0.2) is 42.5 Å². The van der Waals surface area contributed by atoms with Gasteiger partial charge in [-0.05, 0) is 42.7 Å². The van der Waals surface area contributed by atoms with Crippen molar-refractivity contribution in [3.8, 4) is 11.8 Å². The van der Waals surface area contributed by atoms with Gasteiger partial charge in [0.25, 0.3) is 5.91 Å². The third-order valence-electron chi connectivity index (χ3n) is 3.68. The quantitative estimate of drug-likeness (QED) is 0.872. The monoisotopic (exact) mass is 278 g/mol. The second-order valence-corrected chi connectivity index (χ2v) is 5.04. The Hall–Kier alpha value is -2.80. The lowest BCUT2D eigenvalue weighted by Crippen LogP contribution is -2.35. The van der Waals surface area contributed by atoms with Crippen LogP contribution in [-0.2, 0) is 6.42 Å². The van der Waals surface area contributed by atoms with Gasteiger partial charge in [0.1, 0.15) is 5.75 Å². The molecule has 0 spiro atoms. The van der Waals surface area contributed by atoms with Gasteiger partial charge in [0, 0.05) is 12.1 Å². The fourth-order valence-electron chi connectivity index (χ4n) is 2.71. The standard InChI is InChI=1S/C17H14N2O2/c18-11-12-4-1-6-14(10-12)17(21)19-9-3-7-13-5-2-8-15(20)16(13)19/h1-2,4-6,8,10,20H,3,7,9H2. The average Bonchev–Trinajstić information content (AvgIpc) is 2.54. The van der Waals surface area contributed by atoms with E-state index in [9.17, 15) is 9.90 Å². The van der Waals surface area contributed by atoms with Crippen molar-refractivity contribution in [2.45, 2.75) is 12.8 Å². The number of amides is 1. The minimum Gasteiger partial charge on any atom is -0.506 e. The number of benzene rings is 2. The summed E-state index contributed by atoms with van der Waals surface area (Å²) in [6, 6.07) is 14.0. The third-order valence-corrected chi connectivity index (χ3v) is 3.68. The molecule has 0 fully saturated rings. The molecule has 2 aromatic rings. The zero-order chi connectivity index (χ0) is 14.8. The first-order chi connectivity index (χ1) is 10.2. The molecule has 0 unspecified atom stereocenters. The van der Waals surface area contributed by atoms with E-state index in [1.54, 1.807) is 41.3 Å². The number of aryl methyl sites for hydroxylation is 1. The van der Waals surface area contributed by atoms with Gasteiger partial charge in [0.2, 0.25) is 0 Å². The van der Waals surface area contributed by atoms with Crippen molar-refractivity contribution in [2.75, 3.05) is 11.4 Å². The summed E-state index contributed by atoms with van der Waals surface area (Å²) in [5.41, 5.74) is 2.49. The molecule has 0 atom stereocenters. The Bertz CT molecular complexity index is 747. The van der Waals surface area contributed by atoms with Crippen LogP contribution < -0.4 is 4.90 Å². The van der Waals surface area contributed by atoms with Crippen LogP contribution in [0.2, 0.25) is 0 Å². The second-order valence-electron chi connectivity index (χ2n) is 5.04. The summed E-state index contributed by atoms with van der Waals surface area (Å²) >= 11 is 0. The Morgan fingerprint density at radius 2 is 2.05 bits per heavy atom. The van der Waals surface area contributed by atoms with E-state index in [2.05, 4.69) is 0 Å². The van der Waals surface area contributed by atoms with Crippen LogP contribution in [0.4, 0.5) is 5.69 Å². The molecule has 1 aliphatic rings. The summed E-state index contributed by atoms with van der Waals surface area (Å²) in [6.45, 7) is 0.570. The first-order valence-electron chi connectivity index (χ1n) is 6.83.